The first-order valence-electron chi connectivity index (χ1n) is 10.8. The topological polar surface area (TPSA) is 75.6 Å². The molecule has 0 aliphatic rings. The first-order valence-corrected chi connectivity index (χ1v) is 12.0. The van der Waals surface area contributed by atoms with Crippen LogP contribution in [0.3, 0.4) is 0 Å². The summed E-state index contributed by atoms with van der Waals surface area (Å²) in [6.07, 6.45) is 2.56. The third-order valence-corrected chi connectivity index (χ3v) is 5.78. The molecular formula is C26H23ClN4O2S. The highest BCUT2D eigenvalue weighted by Gasteiger charge is 2.08. The molecule has 0 saturated carbocycles. The Kier molecular flexibility index (Phi) is 7.91. The molecular weight excluding hydrogens is 468 g/mol. The molecule has 2 N–H and O–H groups in total. The summed E-state index contributed by atoms with van der Waals surface area (Å²) in [4.78, 5) is 17.0. The number of rotatable bonds is 9. The molecule has 0 atom stereocenters. The highest BCUT2D eigenvalue weighted by Crippen LogP contribution is 2.27. The summed E-state index contributed by atoms with van der Waals surface area (Å²) in [5, 5.41) is 10.7. The summed E-state index contributed by atoms with van der Waals surface area (Å²) in [7, 11) is 0. The number of hydrazone groups is 1. The maximum absolute atomic E-state index is 12.4. The lowest BCUT2D eigenvalue weighted by Crippen LogP contribution is -2.17. The van der Waals surface area contributed by atoms with Crippen LogP contribution in [0.15, 0.2) is 83.3 Å². The third kappa shape index (κ3) is 6.43. The Morgan fingerprint density at radius 3 is 2.50 bits per heavy atom. The Morgan fingerprint density at radius 2 is 1.79 bits per heavy atom. The molecule has 0 aliphatic heterocycles. The van der Waals surface area contributed by atoms with Gasteiger partial charge in [0, 0.05) is 27.2 Å². The van der Waals surface area contributed by atoms with Gasteiger partial charge in [0.15, 0.2) is 5.13 Å². The number of anilines is 2. The van der Waals surface area contributed by atoms with Gasteiger partial charge in [-0.25, -0.2) is 10.4 Å². The standard InChI is InChI=1S/C26H23ClN4O2S/c1-2-15-33-23-13-3-18(4-14-23)16-28-31-25(32)20-7-5-19(6-8-20)24-17-34-26(30-24)29-22-11-9-21(27)10-12-22/h3-14,16-17H,2,15H2,1H3,(H,29,30)(H,31,32)/b28-16-. The summed E-state index contributed by atoms with van der Waals surface area (Å²) < 4.78 is 5.56. The van der Waals surface area contributed by atoms with Crippen molar-refractivity contribution < 1.29 is 9.53 Å². The van der Waals surface area contributed by atoms with Gasteiger partial charge in [-0.3, -0.25) is 4.79 Å². The Morgan fingerprint density at radius 1 is 1.06 bits per heavy atom. The van der Waals surface area contributed by atoms with E-state index in [2.05, 4.69) is 27.8 Å². The maximum Gasteiger partial charge on any atom is 0.271 e. The lowest BCUT2D eigenvalue weighted by molar-refractivity contribution is 0.0955. The van der Waals surface area contributed by atoms with Gasteiger partial charge in [-0.2, -0.15) is 5.10 Å². The second-order valence-electron chi connectivity index (χ2n) is 7.36. The van der Waals surface area contributed by atoms with Crippen molar-refractivity contribution in [2.45, 2.75) is 13.3 Å². The Bertz CT molecular complexity index is 1250. The number of thiazole rings is 1. The van der Waals surface area contributed by atoms with E-state index in [0.717, 1.165) is 39.8 Å². The minimum atomic E-state index is -0.283. The summed E-state index contributed by atoms with van der Waals surface area (Å²) in [5.41, 5.74) is 6.61. The number of nitrogens with one attached hydrogen (secondary N) is 2. The van der Waals surface area contributed by atoms with E-state index in [1.54, 1.807) is 18.3 Å². The molecule has 0 aliphatic carbocycles. The van der Waals surface area contributed by atoms with E-state index in [-0.39, 0.29) is 5.91 Å². The lowest BCUT2D eigenvalue weighted by atomic mass is 10.1. The summed E-state index contributed by atoms with van der Waals surface area (Å²) in [6.45, 7) is 2.75. The van der Waals surface area contributed by atoms with Crippen molar-refractivity contribution >= 4 is 45.9 Å². The van der Waals surface area contributed by atoms with Crippen LogP contribution in [-0.2, 0) is 0 Å². The summed E-state index contributed by atoms with van der Waals surface area (Å²) in [5.74, 6) is 0.533. The van der Waals surface area contributed by atoms with Crippen molar-refractivity contribution in [3.8, 4) is 17.0 Å². The number of hydrogen-bond acceptors (Lipinski definition) is 6. The molecule has 0 fully saturated rings. The molecule has 6 nitrogen and oxygen atoms in total. The molecule has 0 bridgehead atoms. The first kappa shape index (κ1) is 23.5. The molecule has 1 aromatic heterocycles. The van der Waals surface area contributed by atoms with E-state index in [4.69, 9.17) is 16.3 Å². The van der Waals surface area contributed by atoms with Crippen LogP contribution in [0.25, 0.3) is 11.3 Å². The van der Waals surface area contributed by atoms with Gasteiger partial charge in [0.05, 0.1) is 18.5 Å². The monoisotopic (exact) mass is 490 g/mol. The fourth-order valence-electron chi connectivity index (χ4n) is 3.01. The molecule has 4 rings (SSSR count). The Balaban J connectivity index is 1.32. The predicted octanol–water partition coefficient (Wildman–Crippen LogP) is 6.76. The van der Waals surface area contributed by atoms with Gasteiger partial charge in [-0.15, -0.1) is 11.3 Å². The van der Waals surface area contributed by atoms with Crippen LogP contribution in [0.1, 0.15) is 29.3 Å². The molecule has 0 unspecified atom stereocenters. The zero-order valence-electron chi connectivity index (χ0n) is 18.5. The first-order chi connectivity index (χ1) is 16.6. The minimum Gasteiger partial charge on any atom is -0.494 e. The number of amides is 1. The molecule has 0 spiro atoms. The molecule has 8 heteroatoms. The molecule has 0 radical (unpaired) electrons. The van der Waals surface area contributed by atoms with E-state index < -0.39 is 0 Å². The van der Waals surface area contributed by atoms with Crippen LogP contribution in [0, 0.1) is 0 Å². The normalized spacial score (nSPS) is 10.9. The minimum absolute atomic E-state index is 0.283. The van der Waals surface area contributed by atoms with Crippen LogP contribution in [0.2, 0.25) is 5.02 Å². The average Bonchev–Trinajstić information content (AvgIpc) is 3.33. The number of benzene rings is 3. The number of aromatic nitrogens is 1. The molecule has 0 saturated heterocycles. The zero-order valence-corrected chi connectivity index (χ0v) is 20.1. The smallest absolute Gasteiger partial charge is 0.271 e. The van der Waals surface area contributed by atoms with Gasteiger partial charge in [0.2, 0.25) is 0 Å². The number of carbonyl (C=O) groups excluding carboxylic acids is 1. The van der Waals surface area contributed by atoms with E-state index in [0.29, 0.717) is 17.2 Å². The largest absolute Gasteiger partial charge is 0.494 e. The Hall–Kier alpha value is -3.68. The molecule has 172 valence electrons. The third-order valence-electron chi connectivity index (χ3n) is 4.78. The van der Waals surface area contributed by atoms with E-state index in [1.165, 1.54) is 11.3 Å². The van der Waals surface area contributed by atoms with Gasteiger partial charge in [-0.1, -0.05) is 30.7 Å². The van der Waals surface area contributed by atoms with Crippen LogP contribution in [0.4, 0.5) is 10.8 Å². The van der Waals surface area contributed by atoms with E-state index >= 15 is 0 Å². The Labute approximate surface area is 207 Å². The van der Waals surface area contributed by atoms with Crippen molar-refractivity contribution in [1.29, 1.82) is 0 Å². The molecule has 34 heavy (non-hydrogen) atoms. The zero-order chi connectivity index (χ0) is 23.8. The number of ether oxygens (including phenoxy) is 1. The molecule has 3 aromatic carbocycles. The fourth-order valence-corrected chi connectivity index (χ4v) is 3.88. The van der Waals surface area contributed by atoms with Gasteiger partial charge < -0.3 is 10.1 Å². The summed E-state index contributed by atoms with van der Waals surface area (Å²) in [6, 6.07) is 22.2. The van der Waals surface area contributed by atoms with Crippen molar-refractivity contribution in [2.24, 2.45) is 5.10 Å². The molecule has 1 heterocycles. The van der Waals surface area contributed by atoms with Crippen LogP contribution >= 0.6 is 22.9 Å². The highest BCUT2D eigenvalue weighted by molar-refractivity contribution is 7.14. The van der Waals surface area contributed by atoms with Gasteiger partial charge in [-0.05, 0) is 72.6 Å². The second-order valence-corrected chi connectivity index (χ2v) is 8.66. The van der Waals surface area contributed by atoms with Crippen LogP contribution in [0.5, 0.6) is 5.75 Å². The van der Waals surface area contributed by atoms with Crippen LogP contribution in [-0.4, -0.2) is 23.7 Å². The van der Waals surface area contributed by atoms with Crippen molar-refractivity contribution in [3.05, 3.63) is 94.3 Å². The fraction of sp³-hybridized carbons (Fsp3) is 0.115. The molecule has 4 aromatic rings. The number of nitrogens with zero attached hydrogens (tertiary/aromatic N) is 2. The van der Waals surface area contributed by atoms with Crippen molar-refractivity contribution in [1.82, 2.24) is 10.4 Å². The maximum atomic E-state index is 12.4. The van der Waals surface area contributed by atoms with Crippen molar-refractivity contribution in [2.75, 3.05) is 11.9 Å². The lowest BCUT2D eigenvalue weighted by Gasteiger charge is -2.04. The van der Waals surface area contributed by atoms with E-state index in [9.17, 15) is 4.79 Å². The van der Waals surface area contributed by atoms with E-state index in [1.807, 2.05) is 66.0 Å². The average molecular weight is 491 g/mol. The van der Waals surface area contributed by atoms with Crippen LogP contribution < -0.4 is 15.5 Å². The number of carbonyl (C=O) groups is 1. The summed E-state index contributed by atoms with van der Waals surface area (Å²) >= 11 is 7.43. The number of hydrogen-bond donors (Lipinski definition) is 2. The second kappa shape index (κ2) is 11.4. The van der Waals surface area contributed by atoms with Gasteiger partial charge in [0.1, 0.15) is 5.75 Å². The highest BCUT2D eigenvalue weighted by atomic mass is 35.5. The predicted molar refractivity (Wildman–Crippen MR) is 140 cm³/mol. The van der Waals surface area contributed by atoms with Crippen molar-refractivity contribution in [3.63, 3.8) is 0 Å². The molecule has 1 amide bonds. The van der Waals surface area contributed by atoms with Gasteiger partial charge in [0.25, 0.3) is 5.91 Å². The quantitative estimate of drug-likeness (QED) is 0.201. The van der Waals surface area contributed by atoms with Gasteiger partial charge >= 0.3 is 0 Å². The number of halogens is 1. The SMILES string of the molecule is CCCOc1ccc(/C=N\NC(=O)c2ccc(-c3csc(Nc4ccc(Cl)cc4)n3)cc2)cc1.